The number of fused-ring (bicyclic) bond motifs is 1. The number of carbonyl (C=O) groups is 1. The van der Waals surface area contributed by atoms with Crippen molar-refractivity contribution in [1.82, 2.24) is 0 Å². The number of ketones is 1. The summed E-state index contributed by atoms with van der Waals surface area (Å²) in [4.78, 5) is 13.7. The van der Waals surface area contributed by atoms with E-state index >= 15 is 0 Å². The van der Waals surface area contributed by atoms with E-state index in [-0.39, 0.29) is 5.78 Å². The fraction of sp³-hybridized carbons (Fsp3) is 0.278. The molecule has 0 aromatic heterocycles. The van der Waals surface area contributed by atoms with E-state index in [4.69, 9.17) is 0 Å². The molecule has 1 aliphatic heterocycles. The summed E-state index contributed by atoms with van der Waals surface area (Å²) >= 11 is 0. The minimum absolute atomic E-state index is 0.220. The molecule has 2 nitrogen and oxygen atoms in total. The van der Waals surface area contributed by atoms with Crippen LogP contribution < -0.4 is 4.90 Å². The Balaban J connectivity index is 1.83. The van der Waals surface area contributed by atoms with Crippen LogP contribution in [0.5, 0.6) is 0 Å². The van der Waals surface area contributed by atoms with Crippen LogP contribution in [0.2, 0.25) is 0 Å². The Labute approximate surface area is 120 Å². The molecule has 20 heavy (non-hydrogen) atoms. The number of Topliss-reactive ketones (excluding diaryl/α,β-unsaturated/α-hetero) is 1. The number of rotatable bonds is 4. The van der Waals surface area contributed by atoms with Crippen LogP contribution >= 0.6 is 0 Å². The maximum absolute atomic E-state index is 11.3. The lowest BCUT2D eigenvalue weighted by Crippen LogP contribution is -2.19. The van der Waals surface area contributed by atoms with Crippen molar-refractivity contribution in [2.45, 2.75) is 26.3 Å². The molecule has 102 valence electrons. The fourth-order valence-electron chi connectivity index (χ4n) is 2.86. The van der Waals surface area contributed by atoms with Gasteiger partial charge in [-0.2, -0.15) is 0 Å². The average Bonchev–Trinajstić information content (AvgIpc) is 2.82. The van der Waals surface area contributed by atoms with Gasteiger partial charge >= 0.3 is 0 Å². The summed E-state index contributed by atoms with van der Waals surface area (Å²) < 4.78 is 0. The number of benzene rings is 2. The van der Waals surface area contributed by atoms with Crippen LogP contribution in [0.1, 0.15) is 23.6 Å². The van der Waals surface area contributed by atoms with Gasteiger partial charge in [-0.25, -0.2) is 0 Å². The minimum Gasteiger partial charge on any atom is -0.367 e. The first-order chi connectivity index (χ1) is 9.72. The van der Waals surface area contributed by atoms with E-state index in [2.05, 4.69) is 47.4 Å². The largest absolute Gasteiger partial charge is 0.367 e. The lowest BCUT2D eigenvalue weighted by molar-refractivity contribution is -0.116. The minimum atomic E-state index is 0.220. The van der Waals surface area contributed by atoms with Crippen LogP contribution in [0.25, 0.3) is 0 Å². The van der Waals surface area contributed by atoms with Crippen molar-refractivity contribution in [2.75, 3.05) is 11.4 Å². The first-order valence-electron chi connectivity index (χ1n) is 7.12. The second-order valence-corrected chi connectivity index (χ2v) is 5.50. The zero-order chi connectivity index (χ0) is 13.9. The highest BCUT2D eigenvalue weighted by Crippen LogP contribution is 2.30. The van der Waals surface area contributed by atoms with Crippen molar-refractivity contribution in [3.05, 3.63) is 65.2 Å². The Morgan fingerprint density at radius 1 is 1.10 bits per heavy atom. The number of hydrogen-bond donors (Lipinski definition) is 0. The maximum atomic E-state index is 11.3. The highest BCUT2D eigenvalue weighted by atomic mass is 16.1. The van der Waals surface area contributed by atoms with Gasteiger partial charge in [0.15, 0.2) is 0 Å². The Morgan fingerprint density at radius 3 is 2.65 bits per heavy atom. The fourth-order valence-corrected chi connectivity index (χ4v) is 2.86. The summed E-state index contributed by atoms with van der Waals surface area (Å²) in [6, 6.07) is 17.0. The third-order valence-electron chi connectivity index (χ3n) is 3.81. The molecule has 0 saturated carbocycles. The standard InChI is InChI=1S/C18H19NO/c1-14(20)11-16-7-8-17-9-10-19(18(17)12-16)13-15-5-3-2-4-6-15/h2-8,12H,9-11,13H2,1H3. The van der Waals surface area contributed by atoms with Crippen molar-refractivity contribution in [3.8, 4) is 0 Å². The van der Waals surface area contributed by atoms with E-state index in [1.54, 1.807) is 6.92 Å². The summed E-state index contributed by atoms with van der Waals surface area (Å²) in [7, 11) is 0. The quantitative estimate of drug-likeness (QED) is 0.844. The van der Waals surface area contributed by atoms with Crippen molar-refractivity contribution in [1.29, 1.82) is 0 Å². The Hall–Kier alpha value is -2.09. The van der Waals surface area contributed by atoms with E-state index in [1.165, 1.54) is 16.8 Å². The molecule has 0 fully saturated rings. The maximum Gasteiger partial charge on any atom is 0.134 e. The Kier molecular flexibility index (Phi) is 3.55. The molecule has 2 aromatic rings. The topological polar surface area (TPSA) is 20.3 Å². The normalized spacial score (nSPS) is 13.3. The zero-order valence-electron chi connectivity index (χ0n) is 11.8. The van der Waals surface area contributed by atoms with Crippen molar-refractivity contribution in [2.24, 2.45) is 0 Å². The highest BCUT2D eigenvalue weighted by molar-refractivity contribution is 5.78. The molecule has 0 bridgehead atoms. The van der Waals surface area contributed by atoms with Gasteiger partial charge in [0.1, 0.15) is 5.78 Å². The number of anilines is 1. The summed E-state index contributed by atoms with van der Waals surface area (Å²) in [6.45, 7) is 3.65. The van der Waals surface area contributed by atoms with Crippen LogP contribution in [-0.2, 0) is 24.2 Å². The summed E-state index contributed by atoms with van der Waals surface area (Å²) in [5.74, 6) is 0.220. The van der Waals surface area contributed by atoms with E-state index < -0.39 is 0 Å². The molecule has 0 radical (unpaired) electrons. The van der Waals surface area contributed by atoms with E-state index in [0.717, 1.165) is 25.1 Å². The molecule has 0 saturated heterocycles. The van der Waals surface area contributed by atoms with Gasteiger partial charge in [0.2, 0.25) is 0 Å². The van der Waals surface area contributed by atoms with E-state index in [9.17, 15) is 4.79 Å². The Bertz CT molecular complexity index is 619. The van der Waals surface area contributed by atoms with Crippen LogP contribution in [0, 0.1) is 0 Å². The molecule has 0 spiro atoms. The first-order valence-corrected chi connectivity index (χ1v) is 7.12. The van der Waals surface area contributed by atoms with Gasteiger partial charge in [0.25, 0.3) is 0 Å². The molecular weight excluding hydrogens is 246 g/mol. The zero-order valence-corrected chi connectivity index (χ0v) is 11.8. The monoisotopic (exact) mass is 265 g/mol. The van der Waals surface area contributed by atoms with Crippen LogP contribution in [-0.4, -0.2) is 12.3 Å². The predicted octanol–water partition coefficient (Wildman–Crippen LogP) is 3.38. The number of nitrogens with zero attached hydrogens (tertiary/aromatic N) is 1. The molecule has 0 aliphatic carbocycles. The van der Waals surface area contributed by atoms with Gasteiger partial charge in [-0.15, -0.1) is 0 Å². The van der Waals surface area contributed by atoms with Crippen LogP contribution in [0.3, 0.4) is 0 Å². The SMILES string of the molecule is CC(=O)Cc1ccc2c(c1)N(Cc1ccccc1)CC2. The summed E-state index contributed by atoms with van der Waals surface area (Å²) in [6.07, 6.45) is 1.63. The predicted molar refractivity (Wildman–Crippen MR) is 82.0 cm³/mol. The lowest BCUT2D eigenvalue weighted by atomic mass is 10.1. The molecule has 2 heteroatoms. The molecule has 0 atom stereocenters. The van der Waals surface area contributed by atoms with Gasteiger partial charge < -0.3 is 4.90 Å². The second kappa shape index (κ2) is 5.49. The Morgan fingerprint density at radius 2 is 1.90 bits per heavy atom. The third-order valence-corrected chi connectivity index (χ3v) is 3.81. The summed E-state index contributed by atoms with van der Waals surface area (Å²) in [5, 5.41) is 0. The molecule has 1 heterocycles. The van der Waals surface area contributed by atoms with Crippen LogP contribution in [0.4, 0.5) is 5.69 Å². The van der Waals surface area contributed by atoms with Gasteiger partial charge in [0, 0.05) is 25.2 Å². The molecular formula is C18H19NO. The average molecular weight is 265 g/mol. The van der Waals surface area contributed by atoms with Gasteiger partial charge in [-0.3, -0.25) is 4.79 Å². The smallest absolute Gasteiger partial charge is 0.134 e. The highest BCUT2D eigenvalue weighted by Gasteiger charge is 2.19. The van der Waals surface area contributed by atoms with E-state index in [0.29, 0.717) is 6.42 Å². The molecule has 0 N–H and O–H groups in total. The molecule has 0 unspecified atom stereocenters. The molecule has 2 aromatic carbocycles. The first kappa shape index (κ1) is 12.9. The number of hydrogen-bond acceptors (Lipinski definition) is 2. The molecule has 3 rings (SSSR count). The van der Waals surface area contributed by atoms with Crippen molar-refractivity contribution >= 4 is 11.5 Å². The third kappa shape index (κ3) is 2.74. The molecule has 1 aliphatic rings. The number of carbonyl (C=O) groups excluding carboxylic acids is 1. The van der Waals surface area contributed by atoms with E-state index in [1.807, 2.05) is 6.07 Å². The second-order valence-electron chi connectivity index (χ2n) is 5.50. The lowest BCUT2D eigenvalue weighted by Gasteiger charge is -2.20. The summed E-state index contributed by atoms with van der Waals surface area (Å²) in [5.41, 5.74) is 5.15. The van der Waals surface area contributed by atoms with Crippen molar-refractivity contribution in [3.63, 3.8) is 0 Å². The van der Waals surface area contributed by atoms with Crippen molar-refractivity contribution < 1.29 is 4.79 Å². The van der Waals surface area contributed by atoms with Crippen LogP contribution in [0.15, 0.2) is 48.5 Å². The molecule has 0 amide bonds. The van der Waals surface area contributed by atoms with Gasteiger partial charge in [0.05, 0.1) is 0 Å². The van der Waals surface area contributed by atoms with Gasteiger partial charge in [-0.1, -0.05) is 42.5 Å². The van der Waals surface area contributed by atoms with Gasteiger partial charge in [-0.05, 0) is 36.1 Å².